The second kappa shape index (κ2) is 11.4. The summed E-state index contributed by atoms with van der Waals surface area (Å²) < 4.78 is 6.33. The molecule has 0 amide bonds. The van der Waals surface area contributed by atoms with Gasteiger partial charge in [-0.15, -0.1) is 0 Å². The standard InChI is InChI=1S/C23H30Cl3N5O2/c1-15(19-3-2-16(24)12-20(19)25)28-22-21(26)13-27-23(29-22)31-8-5-17(6-9-31)33-18-4-7-30(14-18)10-11-32/h2-3,12-13,15,17-18,32H,4-11,14H2,1H3,(H,27,28,29)/t15?,18-/m0/s1. The molecule has 0 saturated carbocycles. The van der Waals surface area contributed by atoms with Crippen LogP contribution in [-0.4, -0.2) is 71.5 Å². The lowest BCUT2D eigenvalue weighted by Crippen LogP contribution is -2.40. The highest BCUT2D eigenvalue weighted by molar-refractivity contribution is 6.35. The Morgan fingerprint density at radius 2 is 1.88 bits per heavy atom. The maximum absolute atomic E-state index is 9.11. The SMILES string of the molecule is CC(Nc1nc(N2CCC(O[C@H]3CCN(CCO)C3)CC2)ncc1Cl)c1ccc(Cl)cc1Cl. The molecule has 180 valence electrons. The van der Waals surface area contributed by atoms with Crippen LogP contribution in [0.1, 0.15) is 37.8 Å². The fourth-order valence-electron chi connectivity index (χ4n) is 4.46. The molecule has 2 aliphatic rings. The third-order valence-electron chi connectivity index (χ3n) is 6.27. The van der Waals surface area contributed by atoms with Crippen molar-refractivity contribution in [1.82, 2.24) is 14.9 Å². The Bertz CT molecular complexity index is 942. The zero-order chi connectivity index (χ0) is 23.4. The molecule has 2 aromatic rings. The third-order valence-corrected chi connectivity index (χ3v) is 7.11. The van der Waals surface area contributed by atoms with Gasteiger partial charge in [-0.05, 0) is 43.9 Å². The normalized spacial score (nSPS) is 20.9. The van der Waals surface area contributed by atoms with Crippen LogP contribution in [0.4, 0.5) is 11.8 Å². The number of ether oxygens (including phenoxy) is 1. The topological polar surface area (TPSA) is 73.8 Å². The first-order valence-electron chi connectivity index (χ1n) is 11.4. The van der Waals surface area contributed by atoms with E-state index in [1.54, 1.807) is 12.3 Å². The van der Waals surface area contributed by atoms with E-state index < -0.39 is 0 Å². The molecule has 1 aromatic carbocycles. The van der Waals surface area contributed by atoms with Crippen molar-refractivity contribution in [3.63, 3.8) is 0 Å². The summed E-state index contributed by atoms with van der Waals surface area (Å²) in [5, 5.41) is 14.1. The van der Waals surface area contributed by atoms with Crippen molar-refractivity contribution in [3.8, 4) is 0 Å². The summed E-state index contributed by atoms with van der Waals surface area (Å²) in [4.78, 5) is 13.6. The minimum atomic E-state index is -0.106. The smallest absolute Gasteiger partial charge is 0.227 e. The summed E-state index contributed by atoms with van der Waals surface area (Å²) in [6.07, 6.45) is 5.04. The Morgan fingerprint density at radius 3 is 2.61 bits per heavy atom. The number of hydrogen-bond donors (Lipinski definition) is 2. The molecule has 3 heterocycles. The third kappa shape index (κ3) is 6.41. The number of aliphatic hydroxyl groups excluding tert-OH is 1. The van der Waals surface area contributed by atoms with Gasteiger partial charge in [0.15, 0.2) is 5.82 Å². The number of anilines is 2. The lowest BCUT2D eigenvalue weighted by molar-refractivity contribution is -0.0182. The van der Waals surface area contributed by atoms with Gasteiger partial charge in [0.05, 0.1) is 31.1 Å². The predicted octanol–water partition coefficient (Wildman–Crippen LogP) is 4.66. The number of aromatic nitrogens is 2. The van der Waals surface area contributed by atoms with Crippen molar-refractivity contribution in [1.29, 1.82) is 0 Å². The maximum Gasteiger partial charge on any atom is 0.227 e. The van der Waals surface area contributed by atoms with Gasteiger partial charge in [-0.1, -0.05) is 40.9 Å². The lowest BCUT2D eigenvalue weighted by Gasteiger charge is -2.33. The molecule has 2 saturated heterocycles. The van der Waals surface area contributed by atoms with Crippen LogP contribution in [0.2, 0.25) is 15.1 Å². The van der Waals surface area contributed by atoms with Gasteiger partial charge >= 0.3 is 0 Å². The van der Waals surface area contributed by atoms with E-state index in [0.717, 1.165) is 57.5 Å². The van der Waals surface area contributed by atoms with E-state index in [2.05, 4.69) is 20.1 Å². The number of benzene rings is 1. The summed E-state index contributed by atoms with van der Waals surface area (Å²) in [6, 6.07) is 5.34. The molecule has 0 aliphatic carbocycles. The van der Waals surface area contributed by atoms with Crippen LogP contribution in [0, 0.1) is 0 Å². The first kappa shape index (κ1) is 24.8. The van der Waals surface area contributed by atoms with Gasteiger partial charge in [-0.25, -0.2) is 4.98 Å². The van der Waals surface area contributed by atoms with Crippen molar-refractivity contribution < 1.29 is 9.84 Å². The van der Waals surface area contributed by atoms with Crippen molar-refractivity contribution in [3.05, 3.63) is 45.0 Å². The molecule has 0 radical (unpaired) electrons. The van der Waals surface area contributed by atoms with Crippen LogP contribution >= 0.6 is 34.8 Å². The average Bonchev–Trinajstić information content (AvgIpc) is 3.23. The fourth-order valence-corrected chi connectivity index (χ4v) is 5.18. The Hall–Kier alpha value is -1.35. The molecular weight excluding hydrogens is 485 g/mol. The number of hydrogen-bond acceptors (Lipinski definition) is 7. The summed E-state index contributed by atoms with van der Waals surface area (Å²) in [7, 11) is 0. The number of rotatable bonds is 8. The molecule has 7 nitrogen and oxygen atoms in total. The second-order valence-corrected chi connectivity index (χ2v) is 9.91. The lowest BCUT2D eigenvalue weighted by atomic mass is 10.1. The predicted molar refractivity (Wildman–Crippen MR) is 134 cm³/mol. The molecule has 2 aliphatic heterocycles. The molecule has 2 fully saturated rings. The largest absolute Gasteiger partial charge is 0.395 e. The van der Waals surface area contributed by atoms with Gasteiger partial charge in [0.25, 0.3) is 0 Å². The van der Waals surface area contributed by atoms with Gasteiger partial charge in [-0.3, -0.25) is 4.90 Å². The summed E-state index contributed by atoms with van der Waals surface area (Å²) in [5.74, 6) is 1.23. The Balaban J connectivity index is 1.33. The minimum Gasteiger partial charge on any atom is -0.395 e. The van der Waals surface area contributed by atoms with Crippen LogP contribution in [0.25, 0.3) is 0 Å². The average molecular weight is 515 g/mol. The van der Waals surface area contributed by atoms with Crippen LogP contribution in [-0.2, 0) is 4.74 Å². The van der Waals surface area contributed by atoms with Gasteiger partial charge < -0.3 is 20.1 Å². The van der Waals surface area contributed by atoms with Crippen LogP contribution < -0.4 is 10.2 Å². The molecule has 0 spiro atoms. The second-order valence-electron chi connectivity index (χ2n) is 8.66. The highest BCUT2D eigenvalue weighted by atomic mass is 35.5. The first-order valence-corrected chi connectivity index (χ1v) is 12.5. The molecule has 1 unspecified atom stereocenters. The molecule has 2 atom stereocenters. The van der Waals surface area contributed by atoms with Crippen LogP contribution in [0.3, 0.4) is 0 Å². The van der Waals surface area contributed by atoms with Crippen molar-refractivity contribution in [2.45, 2.75) is 44.4 Å². The van der Waals surface area contributed by atoms with Crippen molar-refractivity contribution in [2.24, 2.45) is 0 Å². The number of nitrogens with one attached hydrogen (secondary N) is 1. The van der Waals surface area contributed by atoms with E-state index in [1.807, 2.05) is 19.1 Å². The zero-order valence-corrected chi connectivity index (χ0v) is 21.0. The first-order chi connectivity index (χ1) is 15.9. The van der Waals surface area contributed by atoms with E-state index in [9.17, 15) is 0 Å². The van der Waals surface area contributed by atoms with Crippen molar-refractivity contribution >= 4 is 46.6 Å². The molecule has 1 aromatic heterocycles. The van der Waals surface area contributed by atoms with Gasteiger partial charge in [0.1, 0.15) is 5.02 Å². The number of piperidine rings is 1. The van der Waals surface area contributed by atoms with Crippen LogP contribution in [0.15, 0.2) is 24.4 Å². The van der Waals surface area contributed by atoms with Crippen molar-refractivity contribution in [2.75, 3.05) is 49.5 Å². The number of aliphatic hydroxyl groups is 1. The van der Waals surface area contributed by atoms with E-state index in [0.29, 0.717) is 26.8 Å². The Morgan fingerprint density at radius 1 is 1.12 bits per heavy atom. The fraction of sp³-hybridized carbons (Fsp3) is 0.565. The maximum atomic E-state index is 9.11. The number of nitrogens with zero attached hydrogens (tertiary/aromatic N) is 4. The van der Waals surface area contributed by atoms with E-state index >= 15 is 0 Å². The quantitative estimate of drug-likeness (QED) is 0.531. The van der Waals surface area contributed by atoms with Gasteiger partial charge in [0.2, 0.25) is 5.95 Å². The Labute approximate surface area is 210 Å². The van der Waals surface area contributed by atoms with Crippen LogP contribution in [0.5, 0.6) is 0 Å². The highest BCUT2D eigenvalue weighted by Crippen LogP contribution is 2.31. The summed E-state index contributed by atoms with van der Waals surface area (Å²) in [5.41, 5.74) is 0.916. The molecule has 2 N–H and O–H groups in total. The van der Waals surface area contributed by atoms with E-state index in [1.165, 1.54) is 0 Å². The van der Waals surface area contributed by atoms with Gasteiger partial charge in [0, 0.05) is 42.8 Å². The molecule has 4 rings (SSSR count). The Kier molecular flexibility index (Phi) is 8.54. The van der Waals surface area contributed by atoms with E-state index in [-0.39, 0.29) is 24.9 Å². The summed E-state index contributed by atoms with van der Waals surface area (Å²) in [6.45, 7) is 6.50. The minimum absolute atomic E-state index is 0.106. The zero-order valence-electron chi connectivity index (χ0n) is 18.7. The van der Waals surface area contributed by atoms with Gasteiger partial charge in [-0.2, -0.15) is 4.98 Å². The number of likely N-dealkylation sites (tertiary alicyclic amines) is 1. The summed E-state index contributed by atoms with van der Waals surface area (Å²) >= 11 is 18.8. The number of halogens is 3. The highest BCUT2D eigenvalue weighted by Gasteiger charge is 2.28. The number of β-amino-alcohol motifs (C(OH)–C–C–N with tert-alkyl or cyclic N) is 1. The van der Waals surface area contributed by atoms with E-state index in [4.69, 9.17) is 49.6 Å². The molecule has 0 bridgehead atoms. The monoisotopic (exact) mass is 513 g/mol. The molecular formula is C23H30Cl3N5O2. The molecule has 10 heteroatoms. The molecule has 33 heavy (non-hydrogen) atoms.